The van der Waals surface area contributed by atoms with Crippen LogP contribution in [-0.2, 0) is 24.6 Å². The van der Waals surface area contributed by atoms with E-state index >= 15 is 0 Å². The van der Waals surface area contributed by atoms with E-state index in [1.54, 1.807) is 25.5 Å². The number of carbonyl (C=O) groups is 1. The van der Waals surface area contributed by atoms with Crippen molar-refractivity contribution in [1.29, 1.82) is 0 Å². The van der Waals surface area contributed by atoms with E-state index in [0.29, 0.717) is 18.0 Å². The van der Waals surface area contributed by atoms with Crippen LogP contribution in [0.4, 0.5) is 4.79 Å². The topological polar surface area (TPSA) is 76.4 Å². The molecule has 0 aliphatic heterocycles. The van der Waals surface area contributed by atoms with Crippen LogP contribution in [0.5, 0.6) is 0 Å². The van der Waals surface area contributed by atoms with Gasteiger partial charge in [-0.2, -0.15) is 5.10 Å². The predicted molar refractivity (Wildman–Crippen MR) is 86.1 cm³/mol. The second kappa shape index (κ2) is 7.83. The largest absolute Gasteiger partial charge is 0.444 e. The van der Waals surface area contributed by atoms with Gasteiger partial charge in [-0.05, 0) is 33.6 Å². The number of ether oxygens (including phenoxy) is 1. The average molecular weight is 332 g/mol. The van der Waals surface area contributed by atoms with E-state index in [4.69, 9.17) is 16.3 Å². The highest BCUT2D eigenvalue weighted by molar-refractivity contribution is 6.31. The second-order valence-electron chi connectivity index (χ2n) is 6.32. The third-order valence-electron chi connectivity index (χ3n) is 3.18. The van der Waals surface area contributed by atoms with Crippen LogP contribution < -0.4 is 5.32 Å². The fourth-order valence-corrected chi connectivity index (χ4v) is 2.43. The zero-order valence-electron chi connectivity index (χ0n) is 13.9. The molecule has 0 saturated heterocycles. The summed E-state index contributed by atoms with van der Waals surface area (Å²) in [6, 6.07) is 0. The van der Waals surface area contributed by atoms with Crippen LogP contribution in [0, 0.1) is 5.92 Å². The van der Waals surface area contributed by atoms with Crippen molar-refractivity contribution in [2.75, 3.05) is 13.2 Å². The van der Waals surface area contributed by atoms with Crippen molar-refractivity contribution < 1.29 is 14.6 Å². The SMILES string of the molecule is CCc1nn(C)c(CC(CO)CNC(=O)OC(C)(C)C)c1Cl. The Morgan fingerprint density at radius 2 is 2.14 bits per heavy atom. The number of rotatable bonds is 6. The van der Waals surface area contributed by atoms with Gasteiger partial charge in [0.25, 0.3) is 0 Å². The van der Waals surface area contributed by atoms with Crippen LogP contribution in [-0.4, -0.2) is 39.7 Å². The van der Waals surface area contributed by atoms with Gasteiger partial charge in [-0.15, -0.1) is 0 Å². The Hall–Kier alpha value is -1.27. The minimum atomic E-state index is -0.541. The van der Waals surface area contributed by atoms with E-state index in [0.717, 1.165) is 17.8 Å². The molecule has 0 bridgehead atoms. The first-order chi connectivity index (χ1) is 10.2. The van der Waals surface area contributed by atoms with Crippen LogP contribution in [0.25, 0.3) is 0 Å². The number of carbonyl (C=O) groups excluding carboxylic acids is 1. The van der Waals surface area contributed by atoms with Gasteiger partial charge in [0.1, 0.15) is 5.60 Å². The third kappa shape index (κ3) is 5.50. The predicted octanol–water partition coefficient (Wildman–Crippen LogP) is 2.31. The highest BCUT2D eigenvalue weighted by Crippen LogP contribution is 2.23. The van der Waals surface area contributed by atoms with Crippen molar-refractivity contribution in [2.24, 2.45) is 13.0 Å². The van der Waals surface area contributed by atoms with E-state index in [9.17, 15) is 9.90 Å². The van der Waals surface area contributed by atoms with Gasteiger partial charge in [-0.25, -0.2) is 4.79 Å². The Balaban J connectivity index is 2.63. The first-order valence-corrected chi connectivity index (χ1v) is 7.83. The highest BCUT2D eigenvalue weighted by Gasteiger charge is 2.20. The molecule has 0 saturated carbocycles. The number of halogens is 1. The summed E-state index contributed by atoms with van der Waals surface area (Å²) in [7, 11) is 1.83. The Kier molecular flexibility index (Phi) is 6.68. The van der Waals surface area contributed by atoms with Crippen molar-refractivity contribution >= 4 is 17.7 Å². The molecule has 6 nitrogen and oxygen atoms in total. The van der Waals surface area contributed by atoms with Crippen LogP contribution in [0.15, 0.2) is 0 Å². The summed E-state index contributed by atoms with van der Waals surface area (Å²) < 4.78 is 6.91. The normalized spacial score (nSPS) is 13.0. The van der Waals surface area contributed by atoms with E-state index in [1.165, 1.54) is 0 Å². The number of aryl methyl sites for hydroxylation is 2. The first-order valence-electron chi connectivity index (χ1n) is 7.45. The quantitative estimate of drug-likeness (QED) is 0.838. The van der Waals surface area contributed by atoms with Crippen LogP contribution >= 0.6 is 11.6 Å². The van der Waals surface area contributed by atoms with Gasteiger partial charge in [0.05, 0.1) is 16.4 Å². The fourth-order valence-electron chi connectivity index (χ4n) is 2.06. The summed E-state index contributed by atoms with van der Waals surface area (Å²) in [5.74, 6) is -0.148. The number of alkyl carbamates (subject to hydrolysis) is 1. The molecular weight excluding hydrogens is 306 g/mol. The molecule has 1 unspecified atom stereocenters. The summed E-state index contributed by atoms with van der Waals surface area (Å²) in [6.45, 7) is 7.66. The zero-order chi connectivity index (χ0) is 16.9. The van der Waals surface area contributed by atoms with Gasteiger partial charge in [0.15, 0.2) is 0 Å². The monoisotopic (exact) mass is 331 g/mol. The Morgan fingerprint density at radius 1 is 1.50 bits per heavy atom. The third-order valence-corrected chi connectivity index (χ3v) is 3.61. The maximum atomic E-state index is 11.7. The molecule has 2 N–H and O–H groups in total. The molecule has 0 aliphatic carbocycles. The molecule has 126 valence electrons. The highest BCUT2D eigenvalue weighted by atomic mass is 35.5. The Morgan fingerprint density at radius 3 is 2.59 bits per heavy atom. The molecule has 22 heavy (non-hydrogen) atoms. The van der Waals surface area contributed by atoms with Crippen LogP contribution in [0.1, 0.15) is 39.1 Å². The maximum Gasteiger partial charge on any atom is 0.407 e. The molecule has 0 radical (unpaired) electrons. The van der Waals surface area contributed by atoms with Gasteiger partial charge in [0.2, 0.25) is 0 Å². The number of nitrogens with one attached hydrogen (secondary N) is 1. The molecule has 1 heterocycles. The number of aliphatic hydroxyl groups excluding tert-OH is 1. The van der Waals surface area contributed by atoms with Crippen LogP contribution in [0.3, 0.4) is 0 Å². The molecule has 7 heteroatoms. The van der Waals surface area contributed by atoms with Crippen molar-refractivity contribution in [2.45, 2.75) is 46.1 Å². The lowest BCUT2D eigenvalue weighted by molar-refractivity contribution is 0.0512. The minimum absolute atomic E-state index is 0.0568. The average Bonchev–Trinajstić information content (AvgIpc) is 2.68. The maximum absolute atomic E-state index is 11.7. The van der Waals surface area contributed by atoms with Gasteiger partial charge in [-0.1, -0.05) is 18.5 Å². The van der Waals surface area contributed by atoms with Gasteiger partial charge in [0, 0.05) is 26.1 Å². The number of aromatic nitrogens is 2. The van der Waals surface area contributed by atoms with Gasteiger partial charge >= 0.3 is 6.09 Å². The molecule has 1 rings (SSSR count). The smallest absolute Gasteiger partial charge is 0.407 e. The standard InChI is InChI=1S/C15H26ClN3O3/c1-6-11-13(16)12(19(5)18-11)7-10(9-20)8-17-14(21)22-15(2,3)4/h10,20H,6-9H2,1-5H3,(H,17,21). The number of aliphatic hydroxyl groups is 1. The second-order valence-corrected chi connectivity index (χ2v) is 6.70. The molecule has 0 spiro atoms. The number of nitrogens with zero attached hydrogens (tertiary/aromatic N) is 2. The van der Waals surface area contributed by atoms with Crippen molar-refractivity contribution in [3.8, 4) is 0 Å². The Bertz CT molecular complexity index is 509. The lowest BCUT2D eigenvalue weighted by atomic mass is 10.0. The van der Waals surface area contributed by atoms with E-state index in [2.05, 4.69) is 10.4 Å². The molecular formula is C15H26ClN3O3. The molecule has 1 aromatic heterocycles. The minimum Gasteiger partial charge on any atom is -0.444 e. The molecule has 0 aliphatic rings. The molecule has 1 atom stereocenters. The number of hydrogen-bond donors (Lipinski definition) is 2. The van der Waals surface area contributed by atoms with Crippen molar-refractivity contribution in [3.05, 3.63) is 16.4 Å². The zero-order valence-corrected chi connectivity index (χ0v) is 14.7. The van der Waals surface area contributed by atoms with Gasteiger partial charge < -0.3 is 15.2 Å². The molecule has 0 fully saturated rings. The van der Waals surface area contributed by atoms with E-state index in [1.807, 2.05) is 14.0 Å². The summed E-state index contributed by atoms with van der Waals surface area (Å²) >= 11 is 6.30. The van der Waals surface area contributed by atoms with Crippen molar-refractivity contribution in [3.63, 3.8) is 0 Å². The molecule has 1 amide bonds. The first kappa shape index (κ1) is 18.8. The Labute approximate surface area is 136 Å². The van der Waals surface area contributed by atoms with Crippen LogP contribution in [0.2, 0.25) is 5.02 Å². The fraction of sp³-hybridized carbons (Fsp3) is 0.733. The number of hydrogen-bond acceptors (Lipinski definition) is 4. The molecule has 0 aromatic carbocycles. The van der Waals surface area contributed by atoms with Gasteiger partial charge in [-0.3, -0.25) is 4.68 Å². The summed E-state index contributed by atoms with van der Waals surface area (Å²) in [5.41, 5.74) is 1.17. The summed E-state index contributed by atoms with van der Waals surface area (Å²) in [5, 5.41) is 17.2. The lowest BCUT2D eigenvalue weighted by Gasteiger charge is -2.21. The molecule has 1 aromatic rings. The number of amides is 1. The van der Waals surface area contributed by atoms with E-state index < -0.39 is 11.7 Å². The summed E-state index contributed by atoms with van der Waals surface area (Å²) in [6.07, 6.45) is 0.803. The van der Waals surface area contributed by atoms with E-state index in [-0.39, 0.29) is 12.5 Å². The lowest BCUT2D eigenvalue weighted by Crippen LogP contribution is -2.36. The van der Waals surface area contributed by atoms with Crippen molar-refractivity contribution in [1.82, 2.24) is 15.1 Å². The summed E-state index contributed by atoms with van der Waals surface area (Å²) in [4.78, 5) is 11.7.